The second-order valence-electron chi connectivity index (χ2n) is 5.58. The minimum atomic E-state index is 0.438. The Morgan fingerprint density at radius 2 is 1.86 bits per heavy atom. The molecule has 5 heteroatoms. The first kappa shape index (κ1) is 14.6. The molecule has 1 unspecified atom stereocenters. The van der Waals surface area contributed by atoms with Gasteiger partial charge in [0.2, 0.25) is 5.95 Å². The van der Waals surface area contributed by atoms with E-state index in [-0.39, 0.29) is 0 Å². The van der Waals surface area contributed by atoms with E-state index in [2.05, 4.69) is 27.0 Å². The van der Waals surface area contributed by atoms with E-state index in [0.717, 1.165) is 42.7 Å². The summed E-state index contributed by atoms with van der Waals surface area (Å²) in [5.41, 5.74) is 2.24. The van der Waals surface area contributed by atoms with Crippen LogP contribution in [0.25, 0.3) is 0 Å². The van der Waals surface area contributed by atoms with Gasteiger partial charge in [0.05, 0.1) is 14.2 Å². The number of rotatable bonds is 4. The molecule has 5 nitrogen and oxygen atoms in total. The molecule has 0 spiro atoms. The van der Waals surface area contributed by atoms with Crippen LogP contribution in [0.4, 0.5) is 5.95 Å². The molecule has 1 aliphatic heterocycles. The van der Waals surface area contributed by atoms with Gasteiger partial charge in [0.1, 0.15) is 11.5 Å². The molecule has 1 aromatic heterocycles. The van der Waals surface area contributed by atoms with Crippen molar-refractivity contribution in [3.05, 3.63) is 41.7 Å². The van der Waals surface area contributed by atoms with Gasteiger partial charge in [-0.3, -0.25) is 0 Å². The average Bonchev–Trinajstić information content (AvgIpc) is 3.04. The van der Waals surface area contributed by atoms with Gasteiger partial charge in [-0.05, 0) is 37.1 Å². The third-order valence-corrected chi connectivity index (χ3v) is 4.10. The number of nitrogens with zero attached hydrogens (tertiary/aromatic N) is 3. The van der Waals surface area contributed by atoms with Crippen LogP contribution in [0.1, 0.15) is 23.6 Å². The molecule has 1 saturated heterocycles. The molecule has 1 fully saturated rings. The molecule has 0 bridgehead atoms. The standard InChI is InChI=1S/C17H21N3O2/c1-12-4-6-18-17(19-12)20-7-5-13(11-20)14-8-15(21-2)10-16(9-14)22-3/h4,6,8-10,13H,5,7,11H2,1-3H3. The normalized spacial score (nSPS) is 17.6. The zero-order valence-electron chi connectivity index (χ0n) is 13.2. The fourth-order valence-corrected chi connectivity index (χ4v) is 2.87. The van der Waals surface area contributed by atoms with E-state index in [9.17, 15) is 0 Å². The highest BCUT2D eigenvalue weighted by Gasteiger charge is 2.26. The second-order valence-corrected chi connectivity index (χ2v) is 5.58. The highest BCUT2D eigenvalue weighted by Crippen LogP contribution is 2.33. The summed E-state index contributed by atoms with van der Waals surface area (Å²) in [5, 5.41) is 0. The van der Waals surface area contributed by atoms with Crippen LogP contribution in [0, 0.1) is 6.92 Å². The predicted octanol–water partition coefficient (Wildman–Crippen LogP) is 2.80. The number of ether oxygens (including phenoxy) is 2. The monoisotopic (exact) mass is 299 g/mol. The van der Waals surface area contributed by atoms with Gasteiger partial charge in [0.25, 0.3) is 0 Å². The molecule has 2 aromatic rings. The Balaban J connectivity index is 1.80. The highest BCUT2D eigenvalue weighted by molar-refractivity contribution is 5.42. The summed E-state index contributed by atoms with van der Waals surface area (Å²) in [6.07, 6.45) is 2.90. The number of anilines is 1. The van der Waals surface area contributed by atoms with E-state index < -0.39 is 0 Å². The van der Waals surface area contributed by atoms with Gasteiger partial charge < -0.3 is 14.4 Å². The van der Waals surface area contributed by atoms with Crippen molar-refractivity contribution in [3.63, 3.8) is 0 Å². The summed E-state index contributed by atoms with van der Waals surface area (Å²) in [4.78, 5) is 11.1. The lowest BCUT2D eigenvalue weighted by atomic mass is 9.98. The molecule has 1 aromatic carbocycles. The Kier molecular flexibility index (Phi) is 4.13. The van der Waals surface area contributed by atoms with Crippen LogP contribution in [0.2, 0.25) is 0 Å². The van der Waals surface area contributed by atoms with Crippen molar-refractivity contribution in [1.29, 1.82) is 0 Å². The van der Waals surface area contributed by atoms with Crippen LogP contribution >= 0.6 is 0 Å². The highest BCUT2D eigenvalue weighted by atomic mass is 16.5. The van der Waals surface area contributed by atoms with E-state index >= 15 is 0 Å². The van der Waals surface area contributed by atoms with Crippen LogP contribution in [0.5, 0.6) is 11.5 Å². The third-order valence-electron chi connectivity index (χ3n) is 4.10. The lowest BCUT2D eigenvalue weighted by Crippen LogP contribution is -2.21. The first-order chi connectivity index (χ1) is 10.7. The van der Waals surface area contributed by atoms with Gasteiger partial charge in [0.15, 0.2) is 0 Å². The molecule has 0 amide bonds. The van der Waals surface area contributed by atoms with E-state index in [4.69, 9.17) is 9.47 Å². The van der Waals surface area contributed by atoms with E-state index in [1.165, 1.54) is 5.56 Å². The lowest BCUT2D eigenvalue weighted by molar-refractivity contribution is 0.393. The zero-order chi connectivity index (χ0) is 15.5. The van der Waals surface area contributed by atoms with E-state index in [1.807, 2.05) is 25.3 Å². The van der Waals surface area contributed by atoms with Crippen LogP contribution in [0.15, 0.2) is 30.5 Å². The summed E-state index contributed by atoms with van der Waals surface area (Å²) in [5.74, 6) is 2.92. The molecule has 1 aliphatic rings. The Morgan fingerprint density at radius 3 is 2.50 bits per heavy atom. The smallest absolute Gasteiger partial charge is 0.225 e. The zero-order valence-corrected chi connectivity index (χ0v) is 13.2. The molecule has 2 heterocycles. The number of aromatic nitrogens is 2. The topological polar surface area (TPSA) is 47.5 Å². The van der Waals surface area contributed by atoms with Crippen molar-refractivity contribution in [3.8, 4) is 11.5 Å². The van der Waals surface area contributed by atoms with Gasteiger partial charge in [0, 0.05) is 37.0 Å². The van der Waals surface area contributed by atoms with Gasteiger partial charge in [-0.2, -0.15) is 0 Å². The number of methoxy groups -OCH3 is 2. The lowest BCUT2D eigenvalue weighted by Gasteiger charge is -2.17. The third kappa shape index (κ3) is 2.98. The first-order valence-corrected chi connectivity index (χ1v) is 7.47. The summed E-state index contributed by atoms with van der Waals surface area (Å²) >= 11 is 0. The molecular formula is C17H21N3O2. The van der Waals surface area contributed by atoms with Crippen molar-refractivity contribution in [2.24, 2.45) is 0 Å². The van der Waals surface area contributed by atoms with Crippen LogP contribution in [0.3, 0.4) is 0 Å². The van der Waals surface area contributed by atoms with Crippen LogP contribution in [-0.4, -0.2) is 37.3 Å². The number of aryl methyl sites for hydroxylation is 1. The maximum atomic E-state index is 5.37. The molecule has 1 atom stereocenters. The van der Waals surface area contributed by atoms with E-state index in [1.54, 1.807) is 14.2 Å². The van der Waals surface area contributed by atoms with Crippen molar-refractivity contribution in [2.75, 3.05) is 32.2 Å². The average molecular weight is 299 g/mol. The summed E-state index contributed by atoms with van der Waals surface area (Å²) in [6, 6.07) is 8.01. The Labute approximate surface area is 130 Å². The van der Waals surface area contributed by atoms with Crippen molar-refractivity contribution in [1.82, 2.24) is 9.97 Å². The number of benzene rings is 1. The fraction of sp³-hybridized carbons (Fsp3) is 0.412. The number of hydrogen-bond donors (Lipinski definition) is 0. The van der Waals surface area contributed by atoms with Gasteiger partial charge in [-0.25, -0.2) is 9.97 Å². The molecule has 3 rings (SSSR count). The molecule has 0 radical (unpaired) electrons. The minimum absolute atomic E-state index is 0.438. The van der Waals surface area contributed by atoms with Crippen molar-refractivity contribution < 1.29 is 9.47 Å². The van der Waals surface area contributed by atoms with Crippen molar-refractivity contribution in [2.45, 2.75) is 19.3 Å². The van der Waals surface area contributed by atoms with Crippen LogP contribution in [-0.2, 0) is 0 Å². The molecular weight excluding hydrogens is 278 g/mol. The second kappa shape index (κ2) is 6.22. The molecule has 116 valence electrons. The quantitative estimate of drug-likeness (QED) is 0.869. The summed E-state index contributed by atoms with van der Waals surface area (Å²) < 4.78 is 10.7. The minimum Gasteiger partial charge on any atom is -0.497 e. The first-order valence-electron chi connectivity index (χ1n) is 7.47. The SMILES string of the molecule is COc1cc(OC)cc(C2CCN(c3nccc(C)n3)C2)c1. The molecule has 0 N–H and O–H groups in total. The summed E-state index contributed by atoms with van der Waals surface area (Å²) in [6.45, 7) is 3.87. The predicted molar refractivity (Wildman–Crippen MR) is 85.9 cm³/mol. The van der Waals surface area contributed by atoms with Crippen LogP contribution < -0.4 is 14.4 Å². The fourth-order valence-electron chi connectivity index (χ4n) is 2.87. The molecule has 0 aliphatic carbocycles. The van der Waals surface area contributed by atoms with E-state index in [0.29, 0.717) is 5.92 Å². The maximum absolute atomic E-state index is 5.37. The van der Waals surface area contributed by atoms with Crippen molar-refractivity contribution >= 4 is 5.95 Å². The number of hydrogen-bond acceptors (Lipinski definition) is 5. The largest absolute Gasteiger partial charge is 0.497 e. The van der Waals surface area contributed by atoms with Gasteiger partial charge >= 0.3 is 0 Å². The Morgan fingerprint density at radius 1 is 1.14 bits per heavy atom. The molecule has 0 saturated carbocycles. The Hall–Kier alpha value is -2.30. The van der Waals surface area contributed by atoms with Gasteiger partial charge in [-0.15, -0.1) is 0 Å². The molecule has 22 heavy (non-hydrogen) atoms. The van der Waals surface area contributed by atoms with Gasteiger partial charge in [-0.1, -0.05) is 0 Å². The maximum Gasteiger partial charge on any atom is 0.225 e. The Bertz CT molecular complexity index is 638. The summed E-state index contributed by atoms with van der Waals surface area (Å²) in [7, 11) is 3.36.